The molecule has 0 radical (unpaired) electrons. The summed E-state index contributed by atoms with van der Waals surface area (Å²) in [6, 6.07) is 0. The van der Waals surface area contributed by atoms with Gasteiger partial charge in [-0.3, -0.25) is 9.59 Å². The minimum atomic E-state index is -3.10. The molecule has 2 aliphatic rings. The Morgan fingerprint density at radius 1 is 1.30 bits per heavy atom. The Kier molecular flexibility index (Phi) is 4.09. The lowest BCUT2D eigenvalue weighted by Crippen LogP contribution is -2.67. The number of hydrogen-bond acceptors (Lipinski definition) is 4. The standard InChI is InChI=1S/C13H22N2O4S/c1-3-13(4-2)12(17)15(9-11(16)14-13)8-10-6-5-7-20(10,18)19/h10H,3-9H2,1-2H3,(H,14,16). The summed E-state index contributed by atoms with van der Waals surface area (Å²) in [5.41, 5.74) is -0.863. The smallest absolute Gasteiger partial charge is 0.248 e. The van der Waals surface area contributed by atoms with Gasteiger partial charge in [-0.1, -0.05) is 13.8 Å². The molecule has 2 aliphatic heterocycles. The van der Waals surface area contributed by atoms with E-state index in [1.807, 2.05) is 13.8 Å². The van der Waals surface area contributed by atoms with Gasteiger partial charge in [0.15, 0.2) is 9.84 Å². The van der Waals surface area contributed by atoms with Crippen molar-refractivity contribution in [3.05, 3.63) is 0 Å². The molecule has 0 bridgehead atoms. The fourth-order valence-corrected chi connectivity index (χ4v) is 4.93. The van der Waals surface area contributed by atoms with Crippen LogP contribution in [0.4, 0.5) is 0 Å². The van der Waals surface area contributed by atoms with Gasteiger partial charge in [0, 0.05) is 6.54 Å². The van der Waals surface area contributed by atoms with Crippen molar-refractivity contribution < 1.29 is 18.0 Å². The molecule has 0 saturated carbocycles. The third-order valence-corrected chi connectivity index (χ3v) is 6.76. The molecule has 1 unspecified atom stereocenters. The number of nitrogens with zero attached hydrogens (tertiary/aromatic N) is 1. The Hall–Kier alpha value is -1.11. The van der Waals surface area contributed by atoms with Gasteiger partial charge in [0.2, 0.25) is 11.8 Å². The lowest BCUT2D eigenvalue weighted by atomic mass is 9.89. The number of rotatable bonds is 4. The second-order valence-corrected chi connectivity index (χ2v) is 8.05. The highest BCUT2D eigenvalue weighted by atomic mass is 32.2. The highest BCUT2D eigenvalue weighted by Crippen LogP contribution is 2.26. The van der Waals surface area contributed by atoms with E-state index in [0.717, 1.165) is 0 Å². The van der Waals surface area contributed by atoms with Gasteiger partial charge < -0.3 is 10.2 Å². The van der Waals surface area contributed by atoms with Crippen molar-refractivity contribution >= 4 is 21.7 Å². The van der Waals surface area contributed by atoms with E-state index >= 15 is 0 Å². The predicted octanol–water partition coefficient (Wildman–Crippen LogP) is 0.0808. The van der Waals surface area contributed by atoms with E-state index in [4.69, 9.17) is 0 Å². The van der Waals surface area contributed by atoms with Crippen molar-refractivity contribution in [3.63, 3.8) is 0 Å². The zero-order valence-electron chi connectivity index (χ0n) is 12.0. The lowest BCUT2D eigenvalue weighted by molar-refractivity contribution is -0.150. The van der Waals surface area contributed by atoms with Gasteiger partial charge in [0.05, 0.1) is 17.5 Å². The first-order valence-electron chi connectivity index (χ1n) is 7.16. The molecule has 20 heavy (non-hydrogen) atoms. The molecule has 114 valence electrons. The van der Waals surface area contributed by atoms with Crippen LogP contribution in [0.5, 0.6) is 0 Å². The molecule has 0 spiro atoms. The normalized spacial score (nSPS) is 28.5. The van der Waals surface area contributed by atoms with Crippen LogP contribution in [0.25, 0.3) is 0 Å². The van der Waals surface area contributed by atoms with E-state index in [2.05, 4.69) is 5.32 Å². The van der Waals surface area contributed by atoms with Crippen molar-refractivity contribution in [2.75, 3.05) is 18.8 Å². The molecule has 2 saturated heterocycles. The third kappa shape index (κ3) is 2.55. The summed E-state index contributed by atoms with van der Waals surface area (Å²) in [6.45, 7) is 3.83. The van der Waals surface area contributed by atoms with Crippen LogP contribution in [0.1, 0.15) is 39.5 Å². The van der Waals surface area contributed by atoms with E-state index < -0.39 is 20.6 Å². The molecule has 2 fully saturated rings. The van der Waals surface area contributed by atoms with E-state index in [1.54, 1.807) is 0 Å². The summed E-state index contributed by atoms with van der Waals surface area (Å²) in [5, 5.41) is 2.26. The Balaban J connectivity index is 2.19. The predicted molar refractivity (Wildman–Crippen MR) is 74.8 cm³/mol. The van der Waals surface area contributed by atoms with Crippen molar-refractivity contribution in [1.82, 2.24) is 10.2 Å². The van der Waals surface area contributed by atoms with Crippen molar-refractivity contribution in [2.45, 2.75) is 50.3 Å². The average Bonchev–Trinajstić information content (AvgIpc) is 2.73. The first kappa shape index (κ1) is 15.3. The Labute approximate surface area is 119 Å². The van der Waals surface area contributed by atoms with Gasteiger partial charge in [-0.05, 0) is 25.7 Å². The molecule has 0 aromatic carbocycles. The number of hydrogen-bond donors (Lipinski definition) is 1. The maximum absolute atomic E-state index is 12.6. The summed E-state index contributed by atoms with van der Waals surface area (Å²) in [4.78, 5) is 25.8. The number of amides is 2. The van der Waals surface area contributed by atoms with E-state index in [-0.39, 0.29) is 30.7 Å². The summed E-state index contributed by atoms with van der Waals surface area (Å²) in [5.74, 6) is -0.161. The van der Waals surface area contributed by atoms with Crippen LogP contribution in [0, 0.1) is 0 Å². The summed E-state index contributed by atoms with van der Waals surface area (Å²) in [6.07, 6.45) is 2.26. The molecular weight excluding hydrogens is 280 g/mol. The number of nitrogens with one attached hydrogen (secondary N) is 1. The molecule has 2 rings (SSSR count). The van der Waals surface area contributed by atoms with E-state index in [1.165, 1.54) is 4.90 Å². The quantitative estimate of drug-likeness (QED) is 0.797. The zero-order valence-corrected chi connectivity index (χ0v) is 12.8. The lowest BCUT2D eigenvalue weighted by Gasteiger charge is -2.41. The molecule has 0 aromatic heterocycles. The number of carbonyl (C=O) groups is 2. The molecular formula is C13H22N2O4S. The van der Waals surface area contributed by atoms with Crippen molar-refractivity contribution in [3.8, 4) is 0 Å². The maximum Gasteiger partial charge on any atom is 0.248 e. The number of sulfone groups is 1. The molecule has 2 amide bonds. The van der Waals surface area contributed by atoms with E-state index in [9.17, 15) is 18.0 Å². The van der Waals surface area contributed by atoms with Crippen LogP contribution in [-0.4, -0.2) is 54.8 Å². The van der Waals surface area contributed by atoms with Gasteiger partial charge in [-0.2, -0.15) is 0 Å². The highest BCUT2D eigenvalue weighted by Gasteiger charge is 2.45. The minimum absolute atomic E-state index is 0.0351. The van der Waals surface area contributed by atoms with Crippen molar-refractivity contribution in [2.24, 2.45) is 0 Å². The third-order valence-electron chi connectivity index (χ3n) is 4.50. The second-order valence-electron chi connectivity index (χ2n) is 5.65. The van der Waals surface area contributed by atoms with E-state index in [0.29, 0.717) is 25.7 Å². The molecule has 2 heterocycles. The molecule has 7 heteroatoms. The second kappa shape index (κ2) is 5.35. The highest BCUT2D eigenvalue weighted by molar-refractivity contribution is 7.92. The molecule has 1 atom stereocenters. The Bertz CT molecular complexity index is 510. The monoisotopic (exact) mass is 302 g/mol. The van der Waals surface area contributed by atoms with Crippen LogP contribution >= 0.6 is 0 Å². The van der Waals surface area contributed by atoms with Crippen LogP contribution in [-0.2, 0) is 19.4 Å². The van der Waals surface area contributed by atoms with Gasteiger partial charge in [0.25, 0.3) is 0 Å². The number of carbonyl (C=O) groups excluding carboxylic acids is 2. The SMILES string of the molecule is CCC1(CC)NC(=O)CN(CC2CCCS2(=O)=O)C1=O. The van der Waals surface area contributed by atoms with Crippen LogP contribution in [0.15, 0.2) is 0 Å². The fourth-order valence-electron chi connectivity index (χ4n) is 3.09. The van der Waals surface area contributed by atoms with Gasteiger partial charge >= 0.3 is 0 Å². The van der Waals surface area contributed by atoms with Crippen LogP contribution in [0.2, 0.25) is 0 Å². The largest absolute Gasteiger partial charge is 0.340 e. The van der Waals surface area contributed by atoms with Crippen LogP contribution in [0.3, 0.4) is 0 Å². The first-order valence-corrected chi connectivity index (χ1v) is 8.88. The van der Waals surface area contributed by atoms with Crippen molar-refractivity contribution in [1.29, 1.82) is 0 Å². The van der Waals surface area contributed by atoms with Gasteiger partial charge in [-0.15, -0.1) is 0 Å². The molecule has 6 nitrogen and oxygen atoms in total. The maximum atomic E-state index is 12.6. The summed E-state index contributed by atoms with van der Waals surface area (Å²) in [7, 11) is -3.10. The summed E-state index contributed by atoms with van der Waals surface area (Å²) < 4.78 is 23.8. The molecule has 0 aliphatic carbocycles. The molecule has 0 aromatic rings. The fraction of sp³-hybridized carbons (Fsp3) is 0.846. The Morgan fingerprint density at radius 2 is 1.95 bits per heavy atom. The minimum Gasteiger partial charge on any atom is -0.340 e. The number of piperazine rings is 1. The first-order chi connectivity index (χ1) is 9.34. The summed E-state index contributed by atoms with van der Waals surface area (Å²) >= 11 is 0. The Morgan fingerprint density at radius 3 is 2.45 bits per heavy atom. The zero-order chi connectivity index (χ0) is 15.0. The topological polar surface area (TPSA) is 83.6 Å². The van der Waals surface area contributed by atoms with Crippen LogP contribution < -0.4 is 5.32 Å². The van der Waals surface area contributed by atoms with Gasteiger partial charge in [0.1, 0.15) is 5.54 Å². The average molecular weight is 302 g/mol. The van der Waals surface area contributed by atoms with Gasteiger partial charge in [-0.25, -0.2) is 8.42 Å². The molecule has 1 N–H and O–H groups in total.